The summed E-state index contributed by atoms with van der Waals surface area (Å²) in [6.45, 7) is 7.56. The molecule has 0 radical (unpaired) electrons. The molecule has 1 fully saturated rings. The fourth-order valence-electron chi connectivity index (χ4n) is 2.82. The van der Waals surface area contributed by atoms with E-state index < -0.39 is 11.7 Å². The van der Waals surface area contributed by atoms with Crippen LogP contribution in [0.3, 0.4) is 0 Å². The Labute approximate surface area is 193 Å². The summed E-state index contributed by atoms with van der Waals surface area (Å²) in [5.74, 6) is 2.42. The van der Waals surface area contributed by atoms with E-state index in [4.69, 9.17) is 4.52 Å². The summed E-state index contributed by atoms with van der Waals surface area (Å²) >= 11 is 0. The Hall–Kier alpha value is -2.96. The molecule has 0 bridgehead atoms. The van der Waals surface area contributed by atoms with Crippen LogP contribution in [0.2, 0.25) is 0 Å². The van der Waals surface area contributed by atoms with Crippen molar-refractivity contribution in [3.8, 4) is 11.4 Å². The molecule has 4 rings (SSSR count). The van der Waals surface area contributed by atoms with Crippen molar-refractivity contribution in [2.75, 3.05) is 0 Å². The molecule has 1 aliphatic carbocycles. The maximum Gasteiger partial charge on any atom is 0.416 e. The predicted molar refractivity (Wildman–Crippen MR) is 123 cm³/mol. The molecule has 0 amide bonds. The molecule has 1 heterocycles. The second kappa shape index (κ2) is 12.3. The molecule has 1 unspecified atom stereocenters. The summed E-state index contributed by atoms with van der Waals surface area (Å²) in [6, 6.07) is 14.7. The Kier molecular flexibility index (Phi) is 9.82. The van der Waals surface area contributed by atoms with Crippen molar-refractivity contribution < 1.29 is 22.5 Å². The number of halogens is 3. The quantitative estimate of drug-likeness (QED) is 0.395. The summed E-state index contributed by atoms with van der Waals surface area (Å²) in [5, 5.41) is 3.87. The number of nitrogens with zero attached hydrogens (tertiary/aromatic N) is 2. The van der Waals surface area contributed by atoms with Crippen LogP contribution in [0.1, 0.15) is 69.9 Å². The van der Waals surface area contributed by atoms with Gasteiger partial charge in [-0.15, -0.1) is 0 Å². The number of Topliss-reactive ketones (excluding diaryl/α,β-unsaturated/α-hetero) is 1. The number of alkyl halides is 3. The van der Waals surface area contributed by atoms with Crippen LogP contribution in [0.4, 0.5) is 13.2 Å². The highest BCUT2D eigenvalue weighted by Gasteiger charge is 2.30. The van der Waals surface area contributed by atoms with Gasteiger partial charge in [0.2, 0.25) is 11.7 Å². The van der Waals surface area contributed by atoms with Gasteiger partial charge in [0.15, 0.2) is 0 Å². The van der Waals surface area contributed by atoms with Crippen LogP contribution < -0.4 is 0 Å². The number of carbonyl (C=O) groups excluding carboxylic acids is 1. The number of hydrogen-bond donors (Lipinski definition) is 0. The maximum atomic E-state index is 12.3. The van der Waals surface area contributed by atoms with Gasteiger partial charge in [-0.25, -0.2) is 0 Å². The predicted octanol–water partition coefficient (Wildman–Crippen LogP) is 7.50. The number of hydrogen-bond acceptors (Lipinski definition) is 4. The standard InChI is InChI=1S/C12H13F3O.C10H10N2O.C4H8/c1-8(7-9(2)16)10-3-5-11(6-4-10)12(13,14)15;1-2-9-11-10(12-13-9)8-6-4-3-5-7-8;1-4-2-3-4/h3-6,8H,7H2,1-2H3;3-7H,2H2,1H3;4H,2-3H2,1H3. The molecule has 178 valence electrons. The van der Waals surface area contributed by atoms with E-state index in [2.05, 4.69) is 17.1 Å². The van der Waals surface area contributed by atoms with Crippen molar-refractivity contribution in [3.63, 3.8) is 0 Å². The first kappa shape index (κ1) is 26.3. The van der Waals surface area contributed by atoms with E-state index in [0.29, 0.717) is 18.1 Å². The molecule has 1 saturated carbocycles. The van der Waals surface area contributed by atoms with E-state index in [1.165, 1.54) is 31.9 Å². The van der Waals surface area contributed by atoms with Gasteiger partial charge < -0.3 is 9.32 Å². The third-order valence-corrected chi connectivity index (χ3v) is 5.07. The lowest BCUT2D eigenvalue weighted by atomic mass is 9.95. The van der Waals surface area contributed by atoms with E-state index in [1.807, 2.05) is 44.2 Å². The average molecular weight is 461 g/mol. The van der Waals surface area contributed by atoms with Crippen LogP contribution in [0.25, 0.3) is 11.4 Å². The summed E-state index contributed by atoms with van der Waals surface area (Å²) < 4.78 is 41.8. The van der Waals surface area contributed by atoms with Crippen molar-refractivity contribution in [3.05, 3.63) is 71.6 Å². The van der Waals surface area contributed by atoms with Gasteiger partial charge in [-0.3, -0.25) is 0 Å². The van der Waals surface area contributed by atoms with Gasteiger partial charge in [0, 0.05) is 18.4 Å². The molecule has 2 aromatic carbocycles. The van der Waals surface area contributed by atoms with Crippen LogP contribution in [-0.2, 0) is 17.4 Å². The lowest BCUT2D eigenvalue weighted by molar-refractivity contribution is -0.137. The zero-order valence-electron chi connectivity index (χ0n) is 19.5. The molecule has 0 saturated heterocycles. The third kappa shape index (κ3) is 9.60. The van der Waals surface area contributed by atoms with Crippen LogP contribution in [0, 0.1) is 5.92 Å². The third-order valence-electron chi connectivity index (χ3n) is 5.07. The number of rotatable bonds is 5. The summed E-state index contributed by atoms with van der Waals surface area (Å²) in [5.41, 5.74) is 1.08. The van der Waals surface area contributed by atoms with Crippen LogP contribution >= 0.6 is 0 Å². The SMILES string of the molecule is CC(=O)CC(C)c1ccc(C(F)(F)F)cc1.CC1CC1.CCc1nc(-c2ccccc2)no1. The molecule has 0 spiro atoms. The fourth-order valence-corrected chi connectivity index (χ4v) is 2.82. The topological polar surface area (TPSA) is 56.0 Å². The molecule has 1 aliphatic rings. The molecule has 0 N–H and O–H groups in total. The van der Waals surface area contributed by atoms with Gasteiger partial charge in [-0.1, -0.05) is 81.2 Å². The number of ketones is 1. The normalized spacial score (nSPS) is 13.8. The highest BCUT2D eigenvalue weighted by Crippen LogP contribution is 2.30. The minimum Gasteiger partial charge on any atom is -0.339 e. The molecule has 7 heteroatoms. The maximum absolute atomic E-state index is 12.3. The number of benzene rings is 2. The van der Waals surface area contributed by atoms with Gasteiger partial charge >= 0.3 is 6.18 Å². The van der Waals surface area contributed by atoms with Gasteiger partial charge in [0.1, 0.15) is 5.78 Å². The highest BCUT2D eigenvalue weighted by molar-refractivity contribution is 5.76. The van der Waals surface area contributed by atoms with Gasteiger partial charge in [-0.2, -0.15) is 18.2 Å². The minimum atomic E-state index is -4.30. The molecule has 33 heavy (non-hydrogen) atoms. The van der Waals surface area contributed by atoms with Crippen molar-refractivity contribution in [2.24, 2.45) is 5.92 Å². The summed E-state index contributed by atoms with van der Waals surface area (Å²) in [6.07, 6.45) is -0.201. The van der Waals surface area contributed by atoms with E-state index in [1.54, 1.807) is 0 Å². The molecule has 3 aromatic rings. The van der Waals surface area contributed by atoms with Crippen LogP contribution in [0.15, 0.2) is 59.1 Å². The first-order chi connectivity index (χ1) is 15.6. The molecular weight excluding hydrogens is 429 g/mol. The lowest BCUT2D eigenvalue weighted by Gasteiger charge is -2.11. The van der Waals surface area contributed by atoms with E-state index in [0.717, 1.165) is 35.6 Å². The fraction of sp³-hybridized carbons (Fsp3) is 0.423. The van der Waals surface area contributed by atoms with Crippen molar-refractivity contribution in [1.29, 1.82) is 0 Å². The molecule has 1 aromatic heterocycles. The first-order valence-corrected chi connectivity index (χ1v) is 11.1. The molecule has 4 nitrogen and oxygen atoms in total. The Balaban J connectivity index is 0.000000202. The van der Waals surface area contributed by atoms with Crippen LogP contribution in [0.5, 0.6) is 0 Å². The zero-order chi connectivity index (χ0) is 24.4. The molecule has 0 aliphatic heterocycles. The Bertz CT molecular complexity index is 979. The van der Waals surface area contributed by atoms with Crippen molar-refractivity contribution in [1.82, 2.24) is 10.1 Å². The van der Waals surface area contributed by atoms with Gasteiger partial charge in [0.05, 0.1) is 5.56 Å². The first-order valence-electron chi connectivity index (χ1n) is 11.1. The smallest absolute Gasteiger partial charge is 0.339 e. The minimum absolute atomic E-state index is 0.0346. The van der Waals surface area contributed by atoms with E-state index in [-0.39, 0.29) is 11.7 Å². The Morgan fingerprint density at radius 1 is 1.09 bits per heavy atom. The largest absolute Gasteiger partial charge is 0.416 e. The summed E-state index contributed by atoms with van der Waals surface area (Å²) in [7, 11) is 0. The number of carbonyl (C=O) groups is 1. The molecular formula is C26H31F3N2O2. The summed E-state index contributed by atoms with van der Waals surface area (Å²) in [4.78, 5) is 15.1. The molecule has 1 atom stereocenters. The average Bonchev–Trinajstić information content (AvgIpc) is 3.41. The number of aryl methyl sites for hydroxylation is 1. The van der Waals surface area contributed by atoms with Gasteiger partial charge in [-0.05, 0) is 36.5 Å². The van der Waals surface area contributed by atoms with Crippen LogP contribution in [-0.4, -0.2) is 15.9 Å². The zero-order valence-corrected chi connectivity index (χ0v) is 19.5. The Morgan fingerprint density at radius 2 is 1.67 bits per heavy atom. The van der Waals surface area contributed by atoms with Crippen molar-refractivity contribution >= 4 is 5.78 Å². The Morgan fingerprint density at radius 3 is 2.09 bits per heavy atom. The second-order valence-corrected chi connectivity index (χ2v) is 8.34. The van der Waals surface area contributed by atoms with E-state index >= 15 is 0 Å². The number of aromatic nitrogens is 2. The van der Waals surface area contributed by atoms with Crippen molar-refractivity contribution in [2.45, 2.75) is 65.5 Å². The van der Waals surface area contributed by atoms with E-state index in [9.17, 15) is 18.0 Å². The monoisotopic (exact) mass is 460 g/mol. The second-order valence-electron chi connectivity index (χ2n) is 8.34. The van der Waals surface area contributed by atoms with Gasteiger partial charge in [0.25, 0.3) is 0 Å². The highest BCUT2D eigenvalue weighted by atomic mass is 19.4. The lowest BCUT2D eigenvalue weighted by Crippen LogP contribution is -2.05.